The number of amidine groups is 1. The van der Waals surface area contributed by atoms with Crippen LogP contribution in [0.25, 0.3) is 0 Å². The molecule has 0 bridgehead atoms. The fourth-order valence-corrected chi connectivity index (χ4v) is 3.37. The summed E-state index contributed by atoms with van der Waals surface area (Å²) in [5.41, 5.74) is 9.29. The van der Waals surface area contributed by atoms with Gasteiger partial charge in [-0.2, -0.15) is 0 Å². The van der Waals surface area contributed by atoms with Crippen LogP contribution < -0.4 is 5.73 Å². The first-order chi connectivity index (χ1) is 11.7. The molecule has 0 fully saturated rings. The third-order valence-corrected chi connectivity index (χ3v) is 4.46. The van der Waals surface area contributed by atoms with Crippen LogP contribution in [0.4, 0.5) is 0 Å². The van der Waals surface area contributed by atoms with E-state index in [1.807, 2.05) is 26.8 Å². The van der Waals surface area contributed by atoms with Gasteiger partial charge in [0.15, 0.2) is 5.54 Å². The minimum Gasteiger partial charge on any atom is -0.462 e. The van der Waals surface area contributed by atoms with Crippen LogP contribution in [0.2, 0.25) is 0 Å². The second-order valence-electron chi connectivity index (χ2n) is 6.91. The summed E-state index contributed by atoms with van der Waals surface area (Å²) in [5, 5.41) is 7.60. The van der Waals surface area contributed by atoms with E-state index in [9.17, 15) is 0 Å². The highest BCUT2D eigenvalue weighted by molar-refractivity contribution is 5.82. The zero-order valence-corrected chi connectivity index (χ0v) is 16.6. The van der Waals surface area contributed by atoms with Crippen molar-refractivity contribution in [2.75, 3.05) is 13.2 Å². The van der Waals surface area contributed by atoms with Crippen LogP contribution in [0.5, 0.6) is 0 Å². The normalized spacial score (nSPS) is 22.5. The number of aliphatic imine (C=N–C) groups is 1. The summed E-state index contributed by atoms with van der Waals surface area (Å²) in [6.07, 6.45) is 5.24. The molecule has 0 radical (unpaired) electrons. The molecule has 0 saturated carbocycles. The summed E-state index contributed by atoms with van der Waals surface area (Å²) in [5.74, 6) is 0.241. The van der Waals surface area contributed by atoms with Crippen LogP contribution in [0, 0.1) is 11.3 Å². The SMILES string of the molecule is CC=C(C=N)C(C)=CC(=C(C)C)C1(C(OCC)C(C)C)COC(N)=N1. The molecule has 0 aromatic rings. The Morgan fingerprint density at radius 2 is 2.04 bits per heavy atom. The van der Waals surface area contributed by atoms with E-state index in [4.69, 9.17) is 25.6 Å². The van der Waals surface area contributed by atoms with Crippen molar-refractivity contribution in [1.82, 2.24) is 0 Å². The zero-order chi connectivity index (χ0) is 19.2. The van der Waals surface area contributed by atoms with E-state index in [0.717, 1.165) is 22.3 Å². The predicted octanol–water partition coefficient (Wildman–Crippen LogP) is 4.01. The minimum atomic E-state index is -0.671. The van der Waals surface area contributed by atoms with Gasteiger partial charge in [-0.3, -0.25) is 0 Å². The third kappa shape index (κ3) is 4.60. The molecule has 0 aromatic carbocycles. The van der Waals surface area contributed by atoms with E-state index in [1.54, 1.807) is 0 Å². The van der Waals surface area contributed by atoms with Crippen molar-refractivity contribution in [2.24, 2.45) is 16.6 Å². The lowest BCUT2D eigenvalue weighted by Crippen LogP contribution is -2.48. The molecule has 0 amide bonds. The Morgan fingerprint density at radius 1 is 1.40 bits per heavy atom. The fourth-order valence-electron chi connectivity index (χ4n) is 3.37. The lowest BCUT2D eigenvalue weighted by atomic mass is 9.77. The Kier molecular flexibility index (Phi) is 7.61. The Labute approximate surface area is 152 Å². The maximum absolute atomic E-state index is 7.60. The molecule has 0 spiro atoms. The van der Waals surface area contributed by atoms with E-state index >= 15 is 0 Å². The van der Waals surface area contributed by atoms with E-state index in [1.165, 1.54) is 6.21 Å². The van der Waals surface area contributed by atoms with Gasteiger partial charge >= 0.3 is 0 Å². The Bertz CT molecular complexity index is 610. The van der Waals surface area contributed by atoms with Gasteiger partial charge in [0.2, 0.25) is 0 Å². The largest absolute Gasteiger partial charge is 0.462 e. The van der Waals surface area contributed by atoms with E-state index in [0.29, 0.717) is 13.2 Å². The van der Waals surface area contributed by atoms with Gasteiger partial charge in [0.05, 0.1) is 6.10 Å². The van der Waals surface area contributed by atoms with Crippen LogP contribution >= 0.6 is 0 Å². The van der Waals surface area contributed by atoms with Gasteiger partial charge in [0.1, 0.15) is 6.61 Å². The van der Waals surface area contributed by atoms with Crippen molar-refractivity contribution in [2.45, 2.75) is 60.1 Å². The van der Waals surface area contributed by atoms with Crippen LogP contribution in [0.1, 0.15) is 48.5 Å². The average Bonchev–Trinajstić information content (AvgIpc) is 2.93. The highest BCUT2D eigenvalue weighted by Gasteiger charge is 2.48. The van der Waals surface area contributed by atoms with Crippen LogP contribution in [-0.4, -0.2) is 37.1 Å². The molecule has 2 atom stereocenters. The summed E-state index contributed by atoms with van der Waals surface area (Å²) in [4.78, 5) is 4.71. The molecule has 0 saturated heterocycles. The number of rotatable bonds is 8. The number of hydrogen-bond acceptors (Lipinski definition) is 5. The molecular weight excluding hydrogens is 314 g/mol. The second-order valence-corrected chi connectivity index (χ2v) is 6.91. The van der Waals surface area contributed by atoms with Crippen molar-refractivity contribution < 1.29 is 9.47 Å². The van der Waals surface area contributed by atoms with Crippen molar-refractivity contribution >= 4 is 12.2 Å². The van der Waals surface area contributed by atoms with Gasteiger partial charge in [-0.05, 0) is 57.3 Å². The Hall–Kier alpha value is -1.88. The predicted molar refractivity (Wildman–Crippen MR) is 105 cm³/mol. The van der Waals surface area contributed by atoms with Crippen LogP contribution in [0.3, 0.4) is 0 Å². The van der Waals surface area contributed by atoms with Gasteiger partial charge < -0.3 is 20.6 Å². The van der Waals surface area contributed by atoms with Gasteiger partial charge in [0.25, 0.3) is 6.02 Å². The molecule has 5 heteroatoms. The Morgan fingerprint density at radius 3 is 2.40 bits per heavy atom. The van der Waals surface area contributed by atoms with Gasteiger partial charge in [-0.15, -0.1) is 0 Å². The molecule has 1 aliphatic rings. The summed E-state index contributed by atoms with van der Waals surface area (Å²) >= 11 is 0. The summed E-state index contributed by atoms with van der Waals surface area (Å²) in [7, 11) is 0. The lowest BCUT2D eigenvalue weighted by molar-refractivity contribution is -0.0179. The molecule has 0 aromatic heterocycles. The first-order valence-electron chi connectivity index (χ1n) is 8.86. The standard InChI is InChI=1S/C20H33N3O2/c1-8-16(11-21)15(7)10-17(13(3)4)20(12-25-19(22)23-20)18(14(5)6)24-9-2/h8,10-11,14,18,21H,9,12H2,1-7H3,(H2,22,23). The van der Waals surface area contributed by atoms with Gasteiger partial charge in [-0.25, -0.2) is 4.99 Å². The number of ether oxygens (including phenoxy) is 2. The Balaban J connectivity index is 3.58. The van der Waals surface area contributed by atoms with Crippen molar-refractivity contribution in [3.63, 3.8) is 0 Å². The monoisotopic (exact) mass is 347 g/mol. The number of nitrogens with zero attached hydrogens (tertiary/aromatic N) is 1. The third-order valence-electron chi connectivity index (χ3n) is 4.46. The maximum Gasteiger partial charge on any atom is 0.283 e. The summed E-state index contributed by atoms with van der Waals surface area (Å²) < 4.78 is 11.7. The molecule has 140 valence electrons. The highest BCUT2D eigenvalue weighted by atomic mass is 16.5. The lowest BCUT2D eigenvalue weighted by Gasteiger charge is -2.37. The van der Waals surface area contributed by atoms with Gasteiger partial charge in [-0.1, -0.05) is 31.6 Å². The van der Waals surface area contributed by atoms with Crippen LogP contribution in [0.15, 0.2) is 39.4 Å². The number of allylic oxidation sites excluding steroid dienone is 4. The molecule has 25 heavy (non-hydrogen) atoms. The van der Waals surface area contributed by atoms with E-state index in [2.05, 4.69) is 33.8 Å². The van der Waals surface area contributed by atoms with E-state index in [-0.39, 0.29) is 18.0 Å². The summed E-state index contributed by atoms with van der Waals surface area (Å²) in [6.45, 7) is 15.3. The van der Waals surface area contributed by atoms with Crippen molar-refractivity contribution in [3.05, 3.63) is 34.4 Å². The van der Waals surface area contributed by atoms with Crippen molar-refractivity contribution in [1.29, 1.82) is 5.41 Å². The topological polar surface area (TPSA) is 80.7 Å². The first-order valence-corrected chi connectivity index (χ1v) is 8.86. The molecule has 1 heterocycles. The molecule has 1 aliphatic heterocycles. The number of nitrogens with one attached hydrogen (secondary N) is 1. The second kappa shape index (κ2) is 8.99. The number of hydrogen-bond donors (Lipinski definition) is 2. The van der Waals surface area contributed by atoms with E-state index < -0.39 is 5.54 Å². The average molecular weight is 348 g/mol. The fraction of sp³-hybridized carbons (Fsp3) is 0.600. The molecule has 5 nitrogen and oxygen atoms in total. The minimum absolute atomic E-state index is 0.151. The smallest absolute Gasteiger partial charge is 0.283 e. The quantitative estimate of drug-likeness (QED) is 0.514. The summed E-state index contributed by atoms with van der Waals surface area (Å²) in [6, 6.07) is 0.202. The highest BCUT2D eigenvalue weighted by Crippen LogP contribution is 2.39. The first kappa shape index (κ1) is 21.2. The molecule has 3 N–H and O–H groups in total. The zero-order valence-electron chi connectivity index (χ0n) is 16.6. The van der Waals surface area contributed by atoms with Crippen molar-refractivity contribution in [3.8, 4) is 0 Å². The maximum atomic E-state index is 7.60. The molecule has 1 rings (SSSR count). The molecule has 2 unspecified atom stereocenters. The van der Waals surface area contributed by atoms with Crippen LogP contribution in [-0.2, 0) is 9.47 Å². The number of nitrogens with two attached hydrogens (primary N) is 1. The van der Waals surface area contributed by atoms with Gasteiger partial charge in [0, 0.05) is 12.8 Å². The molecular formula is C20H33N3O2. The molecule has 0 aliphatic carbocycles.